The topological polar surface area (TPSA) is 184 Å². The van der Waals surface area contributed by atoms with Gasteiger partial charge in [0.25, 0.3) is 0 Å². The van der Waals surface area contributed by atoms with Crippen LogP contribution in [0.2, 0.25) is 0 Å². The molecule has 0 aromatic heterocycles. The number of carbonyl (C=O) groups is 4. The van der Waals surface area contributed by atoms with E-state index in [1.807, 2.05) is 52.0 Å². The van der Waals surface area contributed by atoms with Crippen LogP contribution in [0, 0.1) is 18.8 Å². The smallest absolute Gasteiger partial charge is 0.342 e. The first-order valence-electron chi connectivity index (χ1n) is 20.0. The molecule has 8 atom stereocenters. The lowest BCUT2D eigenvalue weighted by molar-refractivity contribution is -0.152. The molecule has 0 bridgehead atoms. The molecule has 0 saturated carbocycles. The largest absolute Gasteiger partial charge is 0.507 e. The standard InChI is InChI=1S/C25H32O6.C21H26O7/c1-7-28-19-13-16(3)22-18(14-19)9-8-10-21-23(31-25(5,6)30-21)20(26)12-11-15(2)17(4)29-24(22)27;1-4-27-15-10-14-6-5-7-16(22)20(25)17(23)9-8-12(2)13(3)28-21(26)19(14)18(24)11-15/h8-9,11-15,17,21,23H,7,10H2,1-6H3;5-6,8-13,16,20,22,24-25H,4,7H2,1-3H3/b9-8+,12-11-;6-5+,9-8-/t15-,17+,21+,23-;12-,13+,16+,20+/m11/s1. The summed E-state index contributed by atoms with van der Waals surface area (Å²) in [6, 6.07) is 6.59. The van der Waals surface area contributed by atoms with Crippen LogP contribution in [-0.4, -0.2) is 94.4 Å². The molecular weight excluding hydrogens is 760 g/mol. The lowest BCUT2D eigenvalue weighted by atomic mass is 9.98. The number of aliphatic hydroxyl groups is 2. The molecule has 3 N–H and O–H groups in total. The molecule has 5 rings (SSSR count). The number of benzene rings is 2. The molecule has 3 aliphatic rings. The Morgan fingerprint density at radius 1 is 0.695 bits per heavy atom. The third-order valence-corrected chi connectivity index (χ3v) is 10.1. The quantitative estimate of drug-likeness (QED) is 0.272. The number of aromatic hydroxyl groups is 1. The number of aryl methyl sites for hydroxylation is 1. The molecule has 3 heterocycles. The second-order valence-electron chi connectivity index (χ2n) is 15.3. The molecule has 0 radical (unpaired) electrons. The number of aliphatic hydroxyl groups excluding tert-OH is 2. The number of fused-ring (bicyclic) bond motifs is 3. The van der Waals surface area contributed by atoms with Crippen molar-refractivity contribution in [1.82, 2.24) is 0 Å². The normalized spacial score (nSPS) is 29.6. The van der Waals surface area contributed by atoms with Crippen LogP contribution < -0.4 is 9.47 Å². The van der Waals surface area contributed by atoms with E-state index in [9.17, 15) is 34.5 Å². The van der Waals surface area contributed by atoms with Crippen molar-refractivity contribution in [1.29, 1.82) is 0 Å². The highest BCUT2D eigenvalue weighted by Crippen LogP contribution is 2.33. The van der Waals surface area contributed by atoms with Crippen molar-refractivity contribution in [3.8, 4) is 17.2 Å². The SMILES string of the molecule is CCOc1cc(C)c2c(c1)/C=C/C[C@@H]1OC(C)(C)O[C@@H]1C(=O)/C=C\[C@@H](C)[C@H](C)OC2=O.CCOc1cc(O)c2c(c1)/C=C/C[C@H](O)[C@H](O)C(=O)/C=C\[C@@H](C)[C@H](C)OC2=O. The average molecular weight is 819 g/mol. The molecule has 2 aromatic carbocycles. The predicted octanol–water partition coefficient (Wildman–Crippen LogP) is 6.87. The van der Waals surface area contributed by atoms with Gasteiger partial charge >= 0.3 is 11.9 Å². The van der Waals surface area contributed by atoms with Crippen molar-refractivity contribution in [2.24, 2.45) is 11.8 Å². The summed E-state index contributed by atoms with van der Waals surface area (Å²) in [4.78, 5) is 50.5. The van der Waals surface area contributed by atoms with Crippen LogP contribution in [0.1, 0.15) is 106 Å². The highest BCUT2D eigenvalue weighted by molar-refractivity contribution is 5.98. The van der Waals surface area contributed by atoms with Crippen LogP contribution in [0.25, 0.3) is 12.2 Å². The van der Waals surface area contributed by atoms with Crippen molar-refractivity contribution in [2.75, 3.05) is 13.2 Å². The zero-order valence-electron chi connectivity index (χ0n) is 35.3. The monoisotopic (exact) mass is 818 g/mol. The van der Waals surface area contributed by atoms with E-state index >= 15 is 0 Å². The molecule has 13 nitrogen and oxygen atoms in total. The number of ether oxygens (including phenoxy) is 6. The van der Waals surface area contributed by atoms with Gasteiger partial charge in [0.1, 0.15) is 47.2 Å². The number of hydrogen-bond acceptors (Lipinski definition) is 13. The fourth-order valence-electron chi connectivity index (χ4n) is 6.57. The number of ketones is 2. The number of rotatable bonds is 4. The summed E-state index contributed by atoms with van der Waals surface area (Å²) in [5.74, 6) is -2.41. The summed E-state index contributed by atoms with van der Waals surface area (Å²) in [6.45, 7) is 17.2. The highest BCUT2D eigenvalue weighted by atomic mass is 16.8. The molecule has 1 fully saturated rings. The van der Waals surface area contributed by atoms with Gasteiger partial charge in [-0.05, 0) is 108 Å². The minimum Gasteiger partial charge on any atom is -0.507 e. The molecular formula is C46H58O13. The van der Waals surface area contributed by atoms with E-state index in [4.69, 9.17) is 28.4 Å². The van der Waals surface area contributed by atoms with E-state index < -0.39 is 60.1 Å². The number of carbonyl (C=O) groups excluding carboxylic acids is 4. The summed E-state index contributed by atoms with van der Waals surface area (Å²) in [7, 11) is 0. The number of phenolic OH excluding ortho intramolecular Hbond substituents is 1. The number of esters is 2. The molecule has 13 heteroatoms. The van der Waals surface area contributed by atoms with Gasteiger partial charge in [0, 0.05) is 17.9 Å². The van der Waals surface area contributed by atoms with E-state index in [-0.39, 0.29) is 35.4 Å². The van der Waals surface area contributed by atoms with Crippen LogP contribution in [0.5, 0.6) is 17.2 Å². The molecule has 0 spiro atoms. The molecule has 59 heavy (non-hydrogen) atoms. The van der Waals surface area contributed by atoms with Crippen LogP contribution in [0.15, 0.2) is 60.7 Å². The Hall–Kier alpha value is -5.08. The van der Waals surface area contributed by atoms with E-state index in [1.54, 1.807) is 46.8 Å². The van der Waals surface area contributed by atoms with E-state index in [2.05, 4.69) is 0 Å². The Morgan fingerprint density at radius 2 is 1.20 bits per heavy atom. The Labute approximate surface area is 346 Å². The number of phenols is 1. The Balaban J connectivity index is 0.000000262. The Bertz CT molecular complexity index is 1960. The molecule has 320 valence electrons. The Kier molecular flexibility index (Phi) is 16.4. The summed E-state index contributed by atoms with van der Waals surface area (Å²) in [6.07, 6.45) is 8.22. The summed E-state index contributed by atoms with van der Waals surface area (Å²) in [5.41, 5.74) is 2.32. The number of hydrogen-bond donors (Lipinski definition) is 3. The lowest BCUT2D eigenvalue weighted by Gasteiger charge is -2.20. The van der Waals surface area contributed by atoms with Crippen LogP contribution in [0.4, 0.5) is 0 Å². The molecule has 1 saturated heterocycles. The van der Waals surface area contributed by atoms with Crippen molar-refractivity contribution in [3.05, 3.63) is 88.5 Å². The minimum atomic E-state index is -1.56. The first kappa shape index (κ1) is 46.6. The van der Waals surface area contributed by atoms with Gasteiger partial charge in [-0.25, -0.2) is 9.59 Å². The minimum absolute atomic E-state index is 0.0223. The first-order valence-corrected chi connectivity index (χ1v) is 20.0. The van der Waals surface area contributed by atoms with E-state index in [0.717, 1.165) is 5.56 Å². The molecule has 2 aromatic rings. The maximum absolute atomic E-state index is 13.0. The van der Waals surface area contributed by atoms with Gasteiger partial charge in [0.05, 0.1) is 31.0 Å². The fraction of sp³-hybridized carbons (Fsp3) is 0.478. The van der Waals surface area contributed by atoms with E-state index in [1.165, 1.54) is 36.4 Å². The second kappa shape index (κ2) is 20.7. The zero-order valence-corrected chi connectivity index (χ0v) is 35.3. The first-order chi connectivity index (χ1) is 27.8. The van der Waals surface area contributed by atoms with Crippen LogP contribution in [-0.2, 0) is 28.5 Å². The van der Waals surface area contributed by atoms with Gasteiger partial charge in [-0.1, -0.05) is 50.3 Å². The second-order valence-corrected chi connectivity index (χ2v) is 15.3. The lowest BCUT2D eigenvalue weighted by Crippen LogP contribution is -2.32. The molecule has 0 unspecified atom stereocenters. The van der Waals surface area contributed by atoms with Gasteiger partial charge in [0.2, 0.25) is 0 Å². The number of cyclic esters (lactones) is 2. The highest BCUT2D eigenvalue weighted by Gasteiger charge is 2.43. The van der Waals surface area contributed by atoms with Gasteiger partial charge in [0.15, 0.2) is 17.4 Å². The fourth-order valence-corrected chi connectivity index (χ4v) is 6.57. The van der Waals surface area contributed by atoms with Crippen molar-refractivity contribution in [2.45, 2.75) is 118 Å². The third kappa shape index (κ3) is 12.5. The molecule has 3 aliphatic heterocycles. The summed E-state index contributed by atoms with van der Waals surface area (Å²) < 4.78 is 34.1. The maximum atomic E-state index is 13.0. The summed E-state index contributed by atoms with van der Waals surface area (Å²) in [5, 5.41) is 30.4. The van der Waals surface area contributed by atoms with Crippen molar-refractivity contribution < 1.29 is 62.9 Å². The van der Waals surface area contributed by atoms with Crippen molar-refractivity contribution >= 4 is 35.7 Å². The average Bonchev–Trinajstić information content (AvgIpc) is 3.48. The van der Waals surface area contributed by atoms with Gasteiger partial charge in [-0.2, -0.15) is 0 Å². The van der Waals surface area contributed by atoms with Crippen molar-refractivity contribution in [3.63, 3.8) is 0 Å². The van der Waals surface area contributed by atoms with Crippen LogP contribution in [0.3, 0.4) is 0 Å². The molecule has 0 aliphatic carbocycles. The van der Waals surface area contributed by atoms with Crippen LogP contribution >= 0.6 is 0 Å². The predicted molar refractivity (Wildman–Crippen MR) is 221 cm³/mol. The zero-order chi connectivity index (χ0) is 43.6. The van der Waals surface area contributed by atoms with Gasteiger partial charge in [-0.3, -0.25) is 9.59 Å². The van der Waals surface area contributed by atoms with Gasteiger partial charge in [-0.15, -0.1) is 0 Å². The van der Waals surface area contributed by atoms with Gasteiger partial charge < -0.3 is 43.7 Å². The molecule has 0 amide bonds. The maximum Gasteiger partial charge on any atom is 0.342 e. The summed E-state index contributed by atoms with van der Waals surface area (Å²) >= 11 is 0. The Morgan fingerprint density at radius 3 is 1.78 bits per heavy atom. The van der Waals surface area contributed by atoms with E-state index in [0.29, 0.717) is 47.8 Å². The third-order valence-electron chi connectivity index (χ3n) is 10.1.